The lowest BCUT2D eigenvalue weighted by Crippen LogP contribution is -2.57. The highest BCUT2D eigenvalue weighted by Crippen LogP contribution is 2.62. The molecule has 0 saturated heterocycles. The van der Waals surface area contributed by atoms with Gasteiger partial charge in [0.1, 0.15) is 5.75 Å². The Morgan fingerprint density at radius 3 is 2.65 bits per heavy atom. The van der Waals surface area contributed by atoms with Crippen molar-refractivity contribution in [3.05, 3.63) is 53.1 Å². The highest BCUT2D eigenvalue weighted by atomic mass is 32.1. The van der Waals surface area contributed by atoms with Crippen molar-refractivity contribution < 1.29 is 24.5 Å². The molecule has 200 valence electrons. The van der Waals surface area contributed by atoms with Gasteiger partial charge in [-0.25, -0.2) is 4.98 Å². The van der Waals surface area contributed by atoms with Gasteiger partial charge in [-0.05, 0) is 54.9 Å². The molecule has 8 nitrogen and oxygen atoms in total. The van der Waals surface area contributed by atoms with Gasteiger partial charge in [0.05, 0.1) is 25.5 Å². The predicted molar refractivity (Wildman–Crippen MR) is 144 cm³/mol. The molecule has 0 radical (unpaired) electrons. The van der Waals surface area contributed by atoms with Crippen molar-refractivity contribution in [2.75, 3.05) is 32.6 Å². The quantitative estimate of drug-likeness (QED) is 0.450. The number of carbonyl (C=O) groups excluding carboxylic acids is 2. The fourth-order valence-electron chi connectivity index (χ4n) is 6.24. The second-order valence-electron chi connectivity index (χ2n) is 10.8. The number of thiazole rings is 1. The standard InChI is InChI=1S/C28H37N3O5S/c1-6-13-31(4)23(34)14-19-24-20(15-21-27(19,2)12-11-22(33)28(21,3)16-32)37-26(29-24)30-25(35)17-7-9-18(36-5)10-8-17/h6-10,19,21-22,32-33H,1,11-16H2,2-5H3,(H,29,30,35)/t19-,21+,22-,27+,28+/m1/s1. The van der Waals surface area contributed by atoms with Crippen molar-refractivity contribution in [1.29, 1.82) is 0 Å². The number of carbonyl (C=O) groups is 2. The van der Waals surface area contributed by atoms with Crippen molar-refractivity contribution in [2.24, 2.45) is 16.7 Å². The lowest BCUT2D eigenvalue weighted by molar-refractivity contribution is -0.146. The molecule has 2 aliphatic rings. The first-order valence-electron chi connectivity index (χ1n) is 12.7. The van der Waals surface area contributed by atoms with Crippen LogP contribution < -0.4 is 10.1 Å². The summed E-state index contributed by atoms with van der Waals surface area (Å²) in [4.78, 5) is 33.7. The van der Waals surface area contributed by atoms with Gasteiger partial charge in [0.25, 0.3) is 5.91 Å². The van der Waals surface area contributed by atoms with E-state index in [0.29, 0.717) is 35.8 Å². The van der Waals surface area contributed by atoms with E-state index in [1.165, 1.54) is 11.3 Å². The molecule has 5 atom stereocenters. The molecule has 2 aromatic rings. The molecule has 0 unspecified atom stereocenters. The minimum atomic E-state index is -0.699. The first-order valence-corrected chi connectivity index (χ1v) is 13.5. The van der Waals surface area contributed by atoms with Crippen LogP contribution in [0.25, 0.3) is 0 Å². The number of methoxy groups -OCH3 is 1. The Balaban J connectivity index is 1.70. The Hall–Kier alpha value is -2.75. The lowest BCUT2D eigenvalue weighted by Gasteiger charge is -2.58. The van der Waals surface area contributed by atoms with Crippen molar-refractivity contribution in [2.45, 2.75) is 51.6 Å². The van der Waals surface area contributed by atoms with E-state index < -0.39 is 11.5 Å². The number of aliphatic hydroxyl groups is 2. The fourth-order valence-corrected chi connectivity index (χ4v) is 7.30. The highest BCUT2D eigenvalue weighted by Gasteiger charge is 2.59. The summed E-state index contributed by atoms with van der Waals surface area (Å²) < 4.78 is 5.17. The molecule has 0 aliphatic heterocycles. The molecule has 4 rings (SSSR count). The van der Waals surface area contributed by atoms with E-state index in [-0.39, 0.29) is 42.1 Å². The maximum Gasteiger partial charge on any atom is 0.257 e. The van der Waals surface area contributed by atoms with Gasteiger partial charge in [-0.15, -0.1) is 17.9 Å². The number of likely N-dealkylation sites (N-methyl/N-ethyl adjacent to an activating group) is 1. The predicted octanol–water partition coefficient (Wildman–Crippen LogP) is 3.85. The minimum absolute atomic E-state index is 0.00799. The van der Waals surface area contributed by atoms with Crippen LogP contribution in [0.4, 0.5) is 5.13 Å². The number of amides is 2. The first-order chi connectivity index (χ1) is 17.6. The molecule has 9 heteroatoms. The molecule has 1 fully saturated rings. The fraction of sp³-hybridized carbons (Fsp3) is 0.536. The molecule has 1 aromatic carbocycles. The van der Waals surface area contributed by atoms with E-state index in [0.717, 1.165) is 17.0 Å². The van der Waals surface area contributed by atoms with Crippen LogP contribution in [0.5, 0.6) is 5.75 Å². The summed E-state index contributed by atoms with van der Waals surface area (Å²) in [5.74, 6) is 0.134. The summed E-state index contributed by atoms with van der Waals surface area (Å²) >= 11 is 1.41. The summed E-state index contributed by atoms with van der Waals surface area (Å²) in [6, 6.07) is 6.86. The van der Waals surface area contributed by atoms with Gasteiger partial charge in [0.15, 0.2) is 5.13 Å². The molecule has 3 N–H and O–H groups in total. The van der Waals surface area contributed by atoms with Crippen LogP contribution in [-0.2, 0) is 11.2 Å². The van der Waals surface area contributed by atoms with Crippen LogP contribution in [0.2, 0.25) is 0 Å². The molecular weight excluding hydrogens is 490 g/mol. The number of nitrogens with zero attached hydrogens (tertiary/aromatic N) is 2. The zero-order chi connectivity index (χ0) is 27.0. The van der Waals surface area contributed by atoms with E-state index in [1.54, 1.807) is 49.4 Å². The summed E-state index contributed by atoms with van der Waals surface area (Å²) in [7, 11) is 3.34. The monoisotopic (exact) mass is 527 g/mol. The first kappa shape index (κ1) is 27.3. The second kappa shape index (κ2) is 10.6. The Morgan fingerprint density at radius 2 is 2.03 bits per heavy atom. The molecule has 1 heterocycles. The van der Waals surface area contributed by atoms with Gasteiger partial charge in [-0.2, -0.15) is 0 Å². The molecule has 2 amide bonds. The van der Waals surface area contributed by atoms with Crippen molar-refractivity contribution >= 4 is 28.3 Å². The van der Waals surface area contributed by atoms with Crippen LogP contribution in [0, 0.1) is 16.7 Å². The average molecular weight is 528 g/mol. The number of anilines is 1. The van der Waals surface area contributed by atoms with Gasteiger partial charge in [0, 0.05) is 41.8 Å². The summed E-state index contributed by atoms with van der Waals surface area (Å²) in [5.41, 5.74) is 0.282. The Morgan fingerprint density at radius 1 is 1.32 bits per heavy atom. The third kappa shape index (κ3) is 4.92. The number of hydrogen-bond donors (Lipinski definition) is 3. The highest BCUT2D eigenvalue weighted by molar-refractivity contribution is 7.15. The normalized spacial score (nSPS) is 28.5. The lowest BCUT2D eigenvalue weighted by atomic mass is 9.47. The number of aliphatic hydroxyl groups excluding tert-OH is 2. The topological polar surface area (TPSA) is 112 Å². The number of fused-ring (bicyclic) bond motifs is 2. The number of hydrogen-bond acceptors (Lipinski definition) is 7. The molecule has 37 heavy (non-hydrogen) atoms. The van der Waals surface area contributed by atoms with Gasteiger partial charge < -0.3 is 19.8 Å². The van der Waals surface area contributed by atoms with Crippen LogP contribution in [0.15, 0.2) is 36.9 Å². The number of ether oxygens (including phenoxy) is 1. The summed E-state index contributed by atoms with van der Waals surface area (Å²) in [6.07, 6.45) is 3.24. The van der Waals surface area contributed by atoms with Crippen molar-refractivity contribution in [3.8, 4) is 5.75 Å². The van der Waals surface area contributed by atoms with Crippen LogP contribution in [0.3, 0.4) is 0 Å². The number of rotatable bonds is 8. The van der Waals surface area contributed by atoms with E-state index >= 15 is 0 Å². The molecular formula is C28H37N3O5S. The zero-order valence-electron chi connectivity index (χ0n) is 22.0. The van der Waals surface area contributed by atoms with E-state index in [2.05, 4.69) is 18.8 Å². The number of benzene rings is 1. The van der Waals surface area contributed by atoms with Crippen LogP contribution in [0.1, 0.15) is 60.0 Å². The van der Waals surface area contributed by atoms with Gasteiger partial charge in [0.2, 0.25) is 5.91 Å². The Bertz CT molecular complexity index is 1170. The maximum atomic E-state index is 13.2. The van der Waals surface area contributed by atoms with Crippen molar-refractivity contribution in [1.82, 2.24) is 9.88 Å². The molecule has 1 aromatic heterocycles. The van der Waals surface area contributed by atoms with E-state index in [9.17, 15) is 19.8 Å². The Kier molecular flexibility index (Phi) is 7.78. The molecule has 1 saturated carbocycles. The van der Waals surface area contributed by atoms with Gasteiger partial charge >= 0.3 is 0 Å². The number of aromatic nitrogens is 1. The zero-order valence-corrected chi connectivity index (χ0v) is 22.8. The van der Waals surface area contributed by atoms with Crippen molar-refractivity contribution in [3.63, 3.8) is 0 Å². The average Bonchev–Trinajstić information content (AvgIpc) is 3.29. The Labute approximate surface area is 222 Å². The molecule has 2 aliphatic carbocycles. The third-order valence-corrected chi connectivity index (χ3v) is 9.68. The second-order valence-corrected chi connectivity index (χ2v) is 11.9. The minimum Gasteiger partial charge on any atom is -0.497 e. The van der Waals surface area contributed by atoms with E-state index in [4.69, 9.17) is 9.72 Å². The maximum absolute atomic E-state index is 13.2. The largest absolute Gasteiger partial charge is 0.497 e. The van der Waals surface area contributed by atoms with Crippen LogP contribution >= 0.6 is 11.3 Å². The summed E-state index contributed by atoms with van der Waals surface area (Å²) in [6.45, 7) is 8.17. The summed E-state index contributed by atoms with van der Waals surface area (Å²) in [5, 5.41) is 24.7. The SMILES string of the molecule is C=CCN(C)C(=O)C[C@@H]1c2nc(NC(=O)c3ccc(OC)cc3)sc2C[C@@H]2[C@](C)(CO)[C@H](O)CC[C@]21C. The smallest absolute Gasteiger partial charge is 0.257 e. The number of nitrogens with one attached hydrogen (secondary N) is 1. The molecule has 0 spiro atoms. The third-order valence-electron chi connectivity index (χ3n) is 8.67. The van der Waals surface area contributed by atoms with Gasteiger partial charge in [-0.3, -0.25) is 14.9 Å². The molecule has 0 bridgehead atoms. The van der Waals surface area contributed by atoms with Gasteiger partial charge in [-0.1, -0.05) is 19.9 Å². The van der Waals surface area contributed by atoms with Crippen LogP contribution in [-0.4, -0.2) is 65.3 Å². The van der Waals surface area contributed by atoms with E-state index in [1.807, 2.05) is 6.92 Å².